The molecule has 0 heterocycles. The fourth-order valence-corrected chi connectivity index (χ4v) is 5.10. The van der Waals surface area contributed by atoms with Crippen LogP contribution in [0.2, 0.25) is 0 Å². The molecule has 0 aliphatic rings. The molecule has 0 saturated heterocycles. The summed E-state index contributed by atoms with van der Waals surface area (Å²) < 4.78 is 29.0. The van der Waals surface area contributed by atoms with E-state index in [2.05, 4.69) is 42.9 Å². The first-order chi connectivity index (χ1) is 15.8. The summed E-state index contributed by atoms with van der Waals surface area (Å²) in [5.41, 5.74) is 5.44. The van der Waals surface area contributed by atoms with Gasteiger partial charge in [-0.15, -0.1) is 0 Å². The second-order valence-electron chi connectivity index (χ2n) is 9.97. The van der Waals surface area contributed by atoms with Crippen molar-refractivity contribution >= 4 is 21.6 Å². The number of rotatable bonds is 6. The molecule has 6 heteroatoms. The van der Waals surface area contributed by atoms with E-state index in [4.69, 9.17) is 0 Å². The molecular weight excluding hydrogens is 444 g/mol. The van der Waals surface area contributed by atoms with Gasteiger partial charge in [0.05, 0.1) is 16.6 Å². The molecule has 2 N–H and O–H groups in total. The van der Waals surface area contributed by atoms with Crippen molar-refractivity contribution < 1.29 is 13.2 Å². The third-order valence-corrected chi connectivity index (χ3v) is 7.51. The van der Waals surface area contributed by atoms with E-state index in [1.54, 1.807) is 25.1 Å². The summed E-state index contributed by atoms with van der Waals surface area (Å²) in [4.78, 5) is 13.1. The third-order valence-electron chi connectivity index (χ3n) is 6.00. The number of hydrogen-bond donors (Lipinski definition) is 2. The maximum Gasteiger partial charge on any atom is 0.262 e. The Balaban J connectivity index is 1.82. The maximum atomic E-state index is 13.2. The molecule has 34 heavy (non-hydrogen) atoms. The minimum Gasteiger partial charge on any atom is -0.346 e. The van der Waals surface area contributed by atoms with Crippen molar-refractivity contribution in [3.8, 4) is 0 Å². The lowest BCUT2D eigenvalue weighted by atomic mass is 9.86. The van der Waals surface area contributed by atoms with Crippen molar-refractivity contribution in [3.63, 3.8) is 0 Å². The Bertz CT molecular complexity index is 1300. The molecule has 180 valence electrons. The second-order valence-corrected chi connectivity index (χ2v) is 11.6. The van der Waals surface area contributed by atoms with Gasteiger partial charge in [0.1, 0.15) is 0 Å². The summed E-state index contributed by atoms with van der Waals surface area (Å²) in [6.07, 6.45) is 0. The van der Waals surface area contributed by atoms with E-state index in [-0.39, 0.29) is 22.3 Å². The van der Waals surface area contributed by atoms with Gasteiger partial charge in [-0.2, -0.15) is 0 Å². The van der Waals surface area contributed by atoms with E-state index in [0.29, 0.717) is 16.8 Å². The minimum absolute atomic E-state index is 0.0554. The van der Waals surface area contributed by atoms with E-state index in [0.717, 1.165) is 16.7 Å². The van der Waals surface area contributed by atoms with E-state index in [9.17, 15) is 13.2 Å². The van der Waals surface area contributed by atoms with E-state index >= 15 is 0 Å². The van der Waals surface area contributed by atoms with Crippen LogP contribution in [0.25, 0.3) is 0 Å². The van der Waals surface area contributed by atoms with Gasteiger partial charge in [-0.05, 0) is 79.1 Å². The Labute approximate surface area is 203 Å². The third kappa shape index (κ3) is 5.86. The highest BCUT2D eigenvalue weighted by molar-refractivity contribution is 7.92. The molecule has 3 aromatic carbocycles. The normalized spacial score (nSPS) is 12.8. The summed E-state index contributed by atoms with van der Waals surface area (Å²) in [6, 6.07) is 18.3. The maximum absolute atomic E-state index is 13.2. The van der Waals surface area contributed by atoms with Gasteiger partial charge in [-0.25, -0.2) is 8.42 Å². The number of nitrogens with one attached hydrogen (secondary N) is 2. The Morgan fingerprint density at radius 2 is 1.47 bits per heavy atom. The molecule has 0 bridgehead atoms. The zero-order chi connectivity index (χ0) is 25.3. The number of amides is 1. The standard InChI is InChI=1S/C28H34N2O3S/c1-18-8-9-19(2)25(16-18)30-34(32,33)26-17-23(11-10-20(26)3)27(31)29-21(4)22-12-14-24(15-13-22)28(5,6)7/h8-17,21,30H,1-7H3,(H,29,31)/t21-/m1/s1. The van der Waals surface area contributed by atoms with Crippen LogP contribution in [0.3, 0.4) is 0 Å². The number of carbonyl (C=O) groups excluding carboxylic acids is 1. The Hall–Kier alpha value is -3.12. The van der Waals surface area contributed by atoms with Crippen molar-refractivity contribution in [2.45, 2.75) is 64.8 Å². The number of anilines is 1. The van der Waals surface area contributed by atoms with E-state index < -0.39 is 10.0 Å². The molecular formula is C28H34N2O3S. The zero-order valence-corrected chi connectivity index (χ0v) is 21.8. The van der Waals surface area contributed by atoms with Gasteiger partial charge in [-0.3, -0.25) is 9.52 Å². The Kier molecular flexibility index (Phi) is 7.22. The molecule has 0 unspecified atom stereocenters. The Morgan fingerprint density at radius 3 is 2.09 bits per heavy atom. The fraction of sp³-hybridized carbons (Fsp3) is 0.321. The summed E-state index contributed by atoms with van der Waals surface area (Å²) in [5.74, 6) is -0.324. The van der Waals surface area contributed by atoms with Gasteiger partial charge in [0.25, 0.3) is 15.9 Å². The van der Waals surface area contributed by atoms with Crippen LogP contribution in [-0.2, 0) is 15.4 Å². The molecule has 0 radical (unpaired) electrons. The highest BCUT2D eigenvalue weighted by Crippen LogP contribution is 2.26. The van der Waals surface area contributed by atoms with Crippen LogP contribution in [0.5, 0.6) is 0 Å². The number of aryl methyl sites for hydroxylation is 3. The van der Waals surface area contributed by atoms with Crippen LogP contribution in [0, 0.1) is 20.8 Å². The summed E-state index contributed by atoms with van der Waals surface area (Å²) in [7, 11) is -3.87. The quantitative estimate of drug-likeness (QED) is 0.443. The van der Waals surface area contributed by atoms with Crippen LogP contribution in [0.15, 0.2) is 65.6 Å². The van der Waals surface area contributed by atoms with Gasteiger partial charge in [0.2, 0.25) is 0 Å². The largest absolute Gasteiger partial charge is 0.346 e. The second kappa shape index (κ2) is 9.63. The summed E-state index contributed by atoms with van der Waals surface area (Å²) in [6.45, 7) is 13.9. The molecule has 1 amide bonds. The lowest BCUT2D eigenvalue weighted by Crippen LogP contribution is -2.27. The predicted octanol–water partition coefficient (Wildman–Crippen LogP) is 6.20. The van der Waals surface area contributed by atoms with Crippen molar-refractivity contribution in [1.29, 1.82) is 0 Å². The van der Waals surface area contributed by atoms with Crippen LogP contribution in [-0.4, -0.2) is 14.3 Å². The van der Waals surface area contributed by atoms with Gasteiger partial charge < -0.3 is 5.32 Å². The van der Waals surface area contributed by atoms with Crippen molar-refractivity contribution in [2.75, 3.05) is 4.72 Å². The van der Waals surface area contributed by atoms with Crippen LogP contribution >= 0.6 is 0 Å². The average Bonchev–Trinajstić information content (AvgIpc) is 2.75. The van der Waals surface area contributed by atoms with E-state index in [1.165, 1.54) is 11.6 Å². The van der Waals surface area contributed by atoms with Gasteiger partial charge in [0.15, 0.2) is 0 Å². The highest BCUT2D eigenvalue weighted by Gasteiger charge is 2.21. The van der Waals surface area contributed by atoms with Crippen LogP contribution in [0.4, 0.5) is 5.69 Å². The summed E-state index contributed by atoms with van der Waals surface area (Å²) >= 11 is 0. The molecule has 0 aliphatic carbocycles. The first-order valence-corrected chi connectivity index (χ1v) is 12.9. The molecule has 5 nitrogen and oxygen atoms in total. The number of carbonyl (C=O) groups is 1. The Morgan fingerprint density at radius 1 is 0.853 bits per heavy atom. The van der Waals surface area contributed by atoms with Gasteiger partial charge in [0, 0.05) is 5.56 Å². The van der Waals surface area contributed by atoms with Gasteiger partial charge in [-0.1, -0.05) is 63.2 Å². The molecule has 0 saturated carbocycles. The monoisotopic (exact) mass is 478 g/mol. The molecule has 1 atom stereocenters. The summed E-state index contributed by atoms with van der Waals surface area (Å²) in [5, 5.41) is 2.98. The van der Waals surface area contributed by atoms with Crippen LogP contribution in [0.1, 0.15) is 71.9 Å². The molecule has 0 aliphatic heterocycles. The first kappa shape index (κ1) is 25.5. The SMILES string of the molecule is Cc1ccc(C)c(NS(=O)(=O)c2cc(C(=O)N[C@H](C)c3ccc(C(C)(C)C)cc3)ccc2C)c1. The van der Waals surface area contributed by atoms with E-state index in [1.807, 2.05) is 45.0 Å². The lowest BCUT2D eigenvalue weighted by molar-refractivity contribution is 0.0939. The lowest BCUT2D eigenvalue weighted by Gasteiger charge is -2.21. The average molecular weight is 479 g/mol. The molecule has 0 aromatic heterocycles. The number of hydrogen-bond acceptors (Lipinski definition) is 3. The fourth-order valence-electron chi connectivity index (χ4n) is 3.71. The topological polar surface area (TPSA) is 75.3 Å². The molecule has 3 rings (SSSR count). The molecule has 0 spiro atoms. The first-order valence-electron chi connectivity index (χ1n) is 11.4. The minimum atomic E-state index is -3.87. The van der Waals surface area contributed by atoms with Crippen molar-refractivity contribution in [1.82, 2.24) is 5.32 Å². The van der Waals surface area contributed by atoms with Crippen molar-refractivity contribution in [2.24, 2.45) is 0 Å². The molecule has 3 aromatic rings. The van der Waals surface area contributed by atoms with Crippen molar-refractivity contribution in [3.05, 3.63) is 94.0 Å². The predicted molar refractivity (Wildman–Crippen MR) is 139 cm³/mol. The van der Waals surface area contributed by atoms with Gasteiger partial charge >= 0.3 is 0 Å². The smallest absolute Gasteiger partial charge is 0.262 e. The number of benzene rings is 3. The highest BCUT2D eigenvalue weighted by atomic mass is 32.2. The van der Waals surface area contributed by atoms with Crippen LogP contribution < -0.4 is 10.0 Å². The molecule has 0 fully saturated rings. The zero-order valence-electron chi connectivity index (χ0n) is 21.0. The number of sulfonamides is 1.